The largest absolute Gasteiger partial charge is 1.00 e. The molecular weight excluding hydrogens is 776 g/mol. The van der Waals surface area contributed by atoms with Crippen molar-refractivity contribution in [3.63, 3.8) is 0 Å². The van der Waals surface area contributed by atoms with Crippen LogP contribution in [-0.2, 0) is 51.7 Å². The molecule has 0 fully saturated rings. The standard InChI is InChI=1S/2C5H5.2C4H10N.2C2H7Si.2ClH.2Hf/c2*1-2-4-5-3-1;2*1-3-4(2)5;2*1-3-2;;;;/h2*1-3H,4H2;2*4-5H,3H2,1-2H3;2*3H,1-2H3;2*1H;;/q4*-1;;;;;;/p-2. The quantitative estimate of drug-likeness (QED) is 0.299. The predicted octanol–water partition coefficient (Wildman–Crippen LogP) is 1.33. The predicted molar refractivity (Wildman–Crippen MR) is 129 cm³/mol. The number of hydrogen-bond donors (Lipinski definition) is 0. The summed E-state index contributed by atoms with van der Waals surface area (Å²) in [7, 11) is 1.50. The summed E-state index contributed by atoms with van der Waals surface area (Å²) in [5.74, 6) is 0. The molecular formula is C22H44Cl2Hf2N2Si2-6. The fourth-order valence-electron chi connectivity index (χ4n) is 0.680. The van der Waals surface area contributed by atoms with Crippen LogP contribution in [0.2, 0.25) is 26.2 Å². The van der Waals surface area contributed by atoms with Crippen LogP contribution in [-0.4, -0.2) is 31.1 Å². The fraction of sp³-hybridized carbons (Fsp3) is 0.636. The van der Waals surface area contributed by atoms with Gasteiger partial charge in [-0.3, -0.25) is 12.2 Å². The van der Waals surface area contributed by atoms with Crippen molar-refractivity contribution in [3.8, 4) is 0 Å². The van der Waals surface area contributed by atoms with Crippen molar-refractivity contribution in [1.29, 1.82) is 0 Å². The first kappa shape index (κ1) is 53.1. The molecule has 2 radical (unpaired) electrons. The molecule has 0 spiro atoms. The minimum absolute atomic E-state index is 0. The summed E-state index contributed by atoms with van der Waals surface area (Å²) in [6, 6.07) is 0.269. The van der Waals surface area contributed by atoms with E-state index in [1.54, 1.807) is 0 Å². The first-order valence-corrected chi connectivity index (χ1v) is 14.3. The molecule has 0 amide bonds. The Labute approximate surface area is 245 Å². The van der Waals surface area contributed by atoms with Gasteiger partial charge in [0, 0.05) is 70.7 Å². The Kier molecular flexibility index (Phi) is 102. The topological polar surface area (TPSA) is 47.6 Å². The molecule has 30 heavy (non-hydrogen) atoms. The number of allylic oxidation sites excluding steroid dienone is 8. The molecule has 0 aromatic heterocycles. The third-order valence-electron chi connectivity index (χ3n) is 2.40. The van der Waals surface area contributed by atoms with Crippen LogP contribution in [0.3, 0.4) is 0 Å². The molecule has 0 aromatic rings. The number of hydrogen-bond acceptors (Lipinski definition) is 0. The van der Waals surface area contributed by atoms with Crippen LogP contribution in [0.15, 0.2) is 36.5 Å². The van der Waals surface area contributed by atoms with Gasteiger partial charge in [0.25, 0.3) is 0 Å². The van der Waals surface area contributed by atoms with Crippen LogP contribution >= 0.6 is 0 Å². The summed E-state index contributed by atoms with van der Waals surface area (Å²) in [4.78, 5) is 0. The van der Waals surface area contributed by atoms with Gasteiger partial charge >= 0.3 is 0 Å². The van der Waals surface area contributed by atoms with Crippen LogP contribution in [0.5, 0.6) is 0 Å². The molecule has 2 N–H and O–H groups in total. The first-order valence-electron chi connectivity index (χ1n) is 9.71. The molecule has 0 aromatic carbocycles. The molecule has 2 aliphatic rings. The van der Waals surface area contributed by atoms with Crippen molar-refractivity contribution in [2.45, 2.75) is 91.6 Å². The maximum absolute atomic E-state index is 6.83. The molecule has 178 valence electrons. The number of nitrogens with one attached hydrogen (secondary N) is 2. The van der Waals surface area contributed by atoms with Crippen molar-refractivity contribution in [2.24, 2.45) is 0 Å². The molecule has 0 bridgehead atoms. The van der Waals surface area contributed by atoms with Crippen LogP contribution < -0.4 is 24.8 Å². The van der Waals surface area contributed by atoms with Gasteiger partial charge in [0.2, 0.25) is 0 Å². The summed E-state index contributed by atoms with van der Waals surface area (Å²) in [6.07, 6.45) is 21.9. The summed E-state index contributed by atoms with van der Waals surface area (Å²) >= 11 is 0. The van der Waals surface area contributed by atoms with E-state index < -0.39 is 0 Å². The molecule has 2 nitrogen and oxygen atoms in total. The smallest absolute Gasteiger partial charge is 0.0213 e. The summed E-state index contributed by atoms with van der Waals surface area (Å²) < 4.78 is 0. The van der Waals surface area contributed by atoms with Gasteiger partial charge in [-0.05, 0) is 0 Å². The van der Waals surface area contributed by atoms with Crippen LogP contribution in [0.1, 0.15) is 53.4 Å². The Morgan fingerprint density at radius 1 is 0.733 bits per heavy atom. The summed E-state index contributed by atoms with van der Waals surface area (Å²) in [5.41, 5.74) is 13.7. The van der Waals surface area contributed by atoms with Crippen molar-refractivity contribution in [1.82, 2.24) is 0 Å². The zero-order chi connectivity index (χ0) is 21.1. The van der Waals surface area contributed by atoms with E-state index in [2.05, 4.69) is 50.5 Å². The van der Waals surface area contributed by atoms with Gasteiger partial charge in [0.1, 0.15) is 0 Å². The minimum atomic E-state index is 0. The van der Waals surface area contributed by atoms with Crippen LogP contribution in [0.4, 0.5) is 0 Å². The summed E-state index contributed by atoms with van der Waals surface area (Å²) in [6.45, 7) is 16.6. The van der Waals surface area contributed by atoms with Crippen LogP contribution in [0, 0.1) is 12.2 Å². The SMILES string of the molecule is CCC(C)[NH-].CCC(C)[NH-].C[SiH]C.C[SiH]C.[C-]1=CC=CC1.[C-]1=CC=CC1.[Cl-].[Cl-].[Hf].[Hf]. The number of rotatable bonds is 2. The second-order valence-corrected chi connectivity index (χ2v) is 8.09. The maximum atomic E-state index is 6.83. The Bertz CT molecular complexity index is 289. The van der Waals surface area contributed by atoms with Gasteiger partial charge < -0.3 is 36.3 Å². The van der Waals surface area contributed by atoms with E-state index >= 15 is 0 Å². The average molecular weight is 821 g/mol. The zero-order valence-electron chi connectivity index (χ0n) is 20.4. The van der Waals surface area contributed by atoms with Crippen molar-refractivity contribution in [3.05, 3.63) is 60.1 Å². The van der Waals surface area contributed by atoms with E-state index in [0.29, 0.717) is 0 Å². The van der Waals surface area contributed by atoms with Crippen molar-refractivity contribution in [2.75, 3.05) is 0 Å². The Morgan fingerprint density at radius 2 is 0.933 bits per heavy atom. The Morgan fingerprint density at radius 3 is 0.967 bits per heavy atom. The van der Waals surface area contributed by atoms with E-state index in [9.17, 15) is 0 Å². The molecule has 0 heterocycles. The first-order chi connectivity index (χ1) is 12.4. The molecule has 2 rings (SSSR count). The normalized spacial score (nSPS) is 12.1. The van der Waals surface area contributed by atoms with Gasteiger partial charge in [0.15, 0.2) is 0 Å². The molecule has 2 unspecified atom stereocenters. The maximum Gasteiger partial charge on any atom is 0.0213 e. The molecule has 0 saturated heterocycles. The van der Waals surface area contributed by atoms with E-state index in [-0.39, 0.29) is 88.6 Å². The van der Waals surface area contributed by atoms with Gasteiger partial charge in [-0.1, -0.05) is 66.7 Å². The van der Waals surface area contributed by atoms with Gasteiger partial charge in [-0.15, -0.1) is 24.9 Å². The molecule has 2 atom stereocenters. The van der Waals surface area contributed by atoms with Crippen LogP contribution in [0.25, 0.3) is 11.5 Å². The van der Waals surface area contributed by atoms with E-state index in [1.807, 2.05) is 52.0 Å². The van der Waals surface area contributed by atoms with E-state index in [1.165, 1.54) is 0 Å². The second-order valence-electron chi connectivity index (χ2n) is 5.78. The molecule has 0 saturated carbocycles. The molecule has 0 aliphatic heterocycles. The number of halogens is 2. The molecule has 2 aliphatic carbocycles. The van der Waals surface area contributed by atoms with Gasteiger partial charge in [0.05, 0.1) is 0 Å². The summed E-state index contributed by atoms with van der Waals surface area (Å²) in [5, 5.41) is 0. The third-order valence-corrected chi connectivity index (χ3v) is 2.40. The zero-order valence-corrected chi connectivity index (χ0v) is 31.4. The Hall–Kier alpha value is 1.63. The second kappa shape index (κ2) is 57.5. The van der Waals surface area contributed by atoms with Gasteiger partial charge in [-0.2, -0.15) is 12.2 Å². The fourth-order valence-corrected chi connectivity index (χ4v) is 0.680. The van der Waals surface area contributed by atoms with Gasteiger partial charge in [-0.25, -0.2) is 24.3 Å². The third kappa shape index (κ3) is 99.4. The van der Waals surface area contributed by atoms with E-state index in [0.717, 1.165) is 44.7 Å². The monoisotopic (exact) mass is 822 g/mol. The minimum Gasteiger partial charge on any atom is -1.00 e. The Balaban J connectivity index is -0.0000000318. The van der Waals surface area contributed by atoms with E-state index in [4.69, 9.17) is 11.5 Å². The van der Waals surface area contributed by atoms with Crippen molar-refractivity contribution >= 4 is 19.0 Å². The average Bonchev–Trinajstić information content (AvgIpc) is 3.34. The molecule has 8 heteroatoms. The van der Waals surface area contributed by atoms with Crippen molar-refractivity contribution < 1.29 is 76.5 Å².